The van der Waals surface area contributed by atoms with Crippen molar-refractivity contribution in [2.45, 2.75) is 64.3 Å². The molecule has 0 aromatic carbocycles. The van der Waals surface area contributed by atoms with Crippen LogP contribution in [0.2, 0.25) is 0 Å². The molecule has 0 amide bonds. The van der Waals surface area contributed by atoms with Crippen LogP contribution in [0.1, 0.15) is 58.2 Å². The summed E-state index contributed by atoms with van der Waals surface area (Å²) in [5.41, 5.74) is 0.331. The first-order chi connectivity index (χ1) is 11.5. The third-order valence-electron chi connectivity index (χ3n) is 7.08. The van der Waals surface area contributed by atoms with E-state index in [1.165, 1.54) is 44.3 Å². The summed E-state index contributed by atoms with van der Waals surface area (Å²) in [6.07, 6.45) is 8.50. The quantitative estimate of drug-likeness (QED) is 0.732. The van der Waals surface area contributed by atoms with Crippen LogP contribution >= 0.6 is 12.2 Å². The van der Waals surface area contributed by atoms with Crippen molar-refractivity contribution in [3.8, 4) is 0 Å². The zero-order valence-corrected chi connectivity index (χ0v) is 16.3. The highest BCUT2D eigenvalue weighted by Gasteiger charge is 2.53. The zero-order chi connectivity index (χ0) is 16.9. The Hall–Kier alpha value is -0.680. The minimum absolute atomic E-state index is 0.331. The third kappa shape index (κ3) is 2.68. The molecular formula is C19H32N4S. The Kier molecular flexibility index (Phi) is 4.36. The van der Waals surface area contributed by atoms with Crippen LogP contribution in [0.25, 0.3) is 0 Å². The molecule has 0 spiro atoms. The molecule has 4 aliphatic rings. The number of rotatable bonds is 6. The normalized spacial score (nSPS) is 34.4. The molecule has 5 heteroatoms. The lowest BCUT2D eigenvalue weighted by Gasteiger charge is -2.56. The summed E-state index contributed by atoms with van der Waals surface area (Å²) in [5.74, 6) is 4.15. The summed E-state index contributed by atoms with van der Waals surface area (Å²) in [5, 5.41) is 5.09. The van der Waals surface area contributed by atoms with Gasteiger partial charge in [0.1, 0.15) is 5.82 Å². The smallest absolute Gasteiger partial charge is 0.197 e. The zero-order valence-electron chi connectivity index (χ0n) is 15.5. The molecule has 0 radical (unpaired) electrons. The van der Waals surface area contributed by atoms with Crippen molar-refractivity contribution in [3.05, 3.63) is 10.6 Å². The standard InChI is InChI=1S/C19H32N4S/c1-4-22(5-2)6-7-23-18(24)21(3)17(20-23)19-11-14-8-15(12-19)10-16(9-14)13-19/h14-16H,4-13H2,1-3H3. The van der Waals surface area contributed by atoms with Crippen molar-refractivity contribution in [1.82, 2.24) is 19.2 Å². The van der Waals surface area contributed by atoms with E-state index in [9.17, 15) is 0 Å². The first kappa shape index (κ1) is 16.8. The maximum atomic E-state index is 5.74. The van der Waals surface area contributed by atoms with E-state index in [0.29, 0.717) is 5.41 Å². The molecule has 134 valence electrons. The van der Waals surface area contributed by atoms with Crippen LogP contribution in [-0.4, -0.2) is 38.9 Å². The lowest BCUT2D eigenvalue weighted by molar-refractivity contribution is -0.0110. The van der Waals surface area contributed by atoms with E-state index in [4.69, 9.17) is 17.3 Å². The van der Waals surface area contributed by atoms with E-state index >= 15 is 0 Å². The van der Waals surface area contributed by atoms with E-state index < -0.39 is 0 Å². The van der Waals surface area contributed by atoms with Crippen molar-refractivity contribution in [2.75, 3.05) is 19.6 Å². The highest BCUT2D eigenvalue weighted by atomic mass is 32.1. The van der Waals surface area contributed by atoms with E-state index in [1.807, 2.05) is 0 Å². The number of nitrogens with zero attached hydrogens (tertiary/aromatic N) is 4. The first-order valence-electron chi connectivity index (χ1n) is 9.91. The maximum Gasteiger partial charge on any atom is 0.197 e. The molecule has 1 aromatic rings. The lowest BCUT2D eigenvalue weighted by Crippen LogP contribution is -2.49. The molecule has 0 atom stereocenters. The summed E-state index contributed by atoms with van der Waals surface area (Å²) in [6.45, 7) is 8.60. The Morgan fingerprint density at radius 3 is 2.12 bits per heavy atom. The van der Waals surface area contributed by atoms with Gasteiger partial charge in [0.25, 0.3) is 0 Å². The van der Waals surface area contributed by atoms with Gasteiger partial charge in [-0.3, -0.25) is 0 Å². The Bertz CT molecular complexity index is 620. The molecule has 0 aliphatic heterocycles. The van der Waals surface area contributed by atoms with Crippen molar-refractivity contribution in [1.29, 1.82) is 0 Å². The van der Waals surface area contributed by atoms with Crippen molar-refractivity contribution < 1.29 is 0 Å². The summed E-state index contributed by atoms with van der Waals surface area (Å²) in [6, 6.07) is 0. The second-order valence-corrected chi connectivity index (χ2v) is 8.98. The summed E-state index contributed by atoms with van der Waals surface area (Å²) >= 11 is 5.74. The largest absolute Gasteiger partial charge is 0.307 e. The van der Waals surface area contributed by atoms with Gasteiger partial charge in [0, 0.05) is 19.0 Å². The highest BCUT2D eigenvalue weighted by Crippen LogP contribution is 2.60. The second kappa shape index (κ2) is 6.24. The molecule has 0 saturated heterocycles. The van der Waals surface area contributed by atoms with Gasteiger partial charge >= 0.3 is 0 Å². The van der Waals surface area contributed by atoms with Gasteiger partial charge in [-0.05, 0) is 81.6 Å². The topological polar surface area (TPSA) is 26.0 Å². The van der Waals surface area contributed by atoms with E-state index in [-0.39, 0.29) is 0 Å². The highest BCUT2D eigenvalue weighted by molar-refractivity contribution is 7.71. The lowest BCUT2D eigenvalue weighted by atomic mass is 9.49. The fourth-order valence-electron chi connectivity index (χ4n) is 6.26. The molecule has 4 nitrogen and oxygen atoms in total. The number of hydrogen-bond acceptors (Lipinski definition) is 3. The fraction of sp³-hybridized carbons (Fsp3) is 0.895. The molecule has 1 aromatic heterocycles. The molecule has 4 saturated carbocycles. The van der Waals surface area contributed by atoms with Crippen molar-refractivity contribution in [3.63, 3.8) is 0 Å². The van der Waals surface area contributed by atoms with Gasteiger partial charge in [0.2, 0.25) is 0 Å². The van der Waals surface area contributed by atoms with E-state index in [0.717, 1.165) is 48.7 Å². The summed E-state index contributed by atoms with van der Waals surface area (Å²) in [4.78, 5) is 2.45. The Balaban J connectivity index is 1.60. The third-order valence-corrected chi connectivity index (χ3v) is 7.56. The summed E-state index contributed by atoms with van der Waals surface area (Å²) < 4.78 is 5.25. The van der Waals surface area contributed by atoms with Gasteiger partial charge in [-0.1, -0.05) is 13.8 Å². The van der Waals surface area contributed by atoms with E-state index in [2.05, 4.69) is 35.0 Å². The fourth-order valence-corrected chi connectivity index (χ4v) is 6.47. The number of aromatic nitrogens is 3. The minimum Gasteiger partial charge on any atom is -0.307 e. The van der Waals surface area contributed by atoms with Crippen LogP contribution in [0.5, 0.6) is 0 Å². The molecule has 0 N–H and O–H groups in total. The van der Waals surface area contributed by atoms with Crippen LogP contribution < -0.4 is 0 Å². The monoisotopic (exact) mass is 348 g/mol. The Morgan fingerprint density at radius 1 is 1.08 bits per heavy atom. The van der Waals surface area contributed by atoms with E-state index in [1.54, 1.807) is 0 Å². The van der Waals surface area contributed by atoms with Gasteiger partial charge in [0.15, 0.2) is 4.77 Å². The molecule has 5 rings (SSSR count). The average Bonchev–Trinajstić information content (AvgIpc) is 2.83. The Morgan fingerprint density at radius 2 is 1.62 bits per heavy atom. The second-order valence-electron chi connectivity index (χ2n) is 8.61. The van der Waals surface area contributed by atoms with Crippen LogP contribution in [-0.2, 0) is 19.0 Å². The maximum absolute atomic E-state index is 5.74. The van der Waals surface area contributed by atoms with Gasteiger partial charge in [-0.2, -0.15) is 5.10 Å². The predicted molar refractivity (Wildman–Crippen MR) is 99.7 cm³/mol. The first-order valence-corrected chi connectivity index (χ1v) is 10.3. The number of likely N-dealkylation sites (N-methyl/N-ethyl adjacent to an activating group) is 1. The molecule has 4 bridgehead atoms. The minimum atomic E-state index is 0.331. The van der Waals surface area contributed by atoms with Crippen LogP contribution in [0.15, 0.2) is 0 Å². The molecule has 4 aliphatic carbocycles. The van der Waals surface area contributed by atoms with Crippen LogP contribution in [0.4, 0.5) is 0 Å². The SMILES string of the molecule is CCN(CC)CCn1nc(C23CC4CC(CC(C4)C2)C3)n(C)c1=S. The van der Waals surface area contributed by atoms with Crippen LogP contribution in [0, 0.1) is 22.5 Å². The van der Waals surface area contributed by atoms with Gasteiger partial charge in [0.05, 0.1) is 6.54 Å². The van der Waals surface area contributed by atoms with Gasteiger partial charge in [-0.15, -0.1) is 0 Å². The molecule has 24 heavy (non-hydrogen) atoms. The molecule has 1 heterocycles. The van der Waals surface area contributed by atoms with Crippen LogP contribution in [0.3, 0.4) is 0 Å². The molecular weight excluding hydrogens is 316 g/mol. The summed E-state index contributed by atoms with van der Waals surface area (Å²) in [7, 11) is 2.15. The molecule has 4 fully saturated rings. The predicted octanol–water partition coefficient (Wildman–Crippen LogP) is 3.76. The average molecular weight is 349 g/mol. The Labute approximate surface area is 151 Å². The molecule has 0 unspecified atom stereocenters. The number of hydrogen-bond donors (Lipinski definition) is 0. The van der Waals surface area contributed by atoms with Gasteiger partial charge < -0.3 is 9.47 Å². The van der Waals surface area contributed by atoms with Crippen molar-refractivity contribution in [2.24, 2.45) is 24.8 Å². The van der Waals surface area contributed by atoms with Crippen molar-refractivity contribution >= 4 is 12.2 Å². The van der Waals surface area contributed by atoms with Gasteiger partial charge in [-0.25, -0.2) is 4.68 Å².